The molecule has 0 aliphatic carbocycles. The number of aromatic amines is 1. The number of anilines is 1. The molecule has 0 bridgehead atoms. The third kappa shape index (κ3) is 2.73. The molecule has 1 amide bonds. The SMILES string of the molecule is CCn1cc(NC(=O)C2Cc3nc[nH]c3CN2)ccc1=O. The number of nitrogens with zero attached hydrogens (tertiary/aromatic N) is 2. The monoisotopic (exact) mass is 287 g/mol. The first-order valence-electron chi connectivity index (χ1n) is 6.93. The number of nitrogens with one attached hydrogen (secondary N) is 3. The summed E-state index contributed by atoms with van der Waals surface area (Å²) in [6.07, 6.45) is 3.85. The number of hydrogen-bond acceptors (Lipinski definition) is 4. The van der Waals surface area contributed by atoms with Crippen molar-refractivity contribution in [2.45, 2.75) is 32.5 Å². The second-order valence-electron chi connectivity index (χ2n) is 5.00. The van der Waals surface area contributed by atoms with E-state index >= 15 is 0 Å². The van der Waals surface area contributed by atoms with Crippen molar-refractivity contribution in [2.24, 2.45) is 0 Å². The van der Waals surface area contributed by atoms with E-state index in [1.165, 1.54) is 6.07 Å². The van der Waals surface area contributed by atoms with E-state index in [1.807, 2.05) is 6.92 Å². The Hall–Kier alpha value is -2.41. The van der Waals surface area contributed by atoms with Gasteiger partial charge in [-0.15, -0.1) is 0 Å². The van der Waals surface area contributed by atoms with Crippen LogP contribution in [-0.4, -0.2) is 26.5 Å². The lowest BCUT2D eigenvalue weighted by Gasteiger charge is -2.22. The van der Waals surface area contributed by atoms with Crippen molar-refractivity contribution in [3.8, 4) is 0 Å². The van der Waals surface area contributed by atoms with Crippen LogP contribution in [0.25, 0.3) is 0 Å². The lowest BCUT2D eigenvalue weighted by Crippen LogP contribution is -2.44. The third-order valence-electron chi connectivity index (χ3n) is 3.64. The van der Waals surface area contributed by atoms with Crippen LogP contribution in [0.4, 0.5) is 5.69 Å². The van der Waals surface area contributed by atoms with Gasteiger partial charge in [-0.25, -0.2) is 4.98 Å². The Morgan fingerprint density at radius 3 is 3.19 bits per heavy atom. The van der Waals surface area contributed by atoms with Gasteiger partial charge in [0.1, 0.15) is 0 Å². The molecule has 21 heavy (non-hydrogen) atoms. The Labute approximate surface area is 121 Å². The number of aromatic nitrogens is 3. The van der Waals surface area contributed by atoms with Crippen molar-refractivity contribution in [3.63, 3.8) is 0 Å². The Morgan fingerprint density at radius 2 is 2.38 bits per heavy atom. The van der Waals surface area contributed by atoms with Crippen LogP contribution in [0.2, 0.25) is 0 Å². The maximum atomic E-state index is 12.3. The molecule has 110 valence electrons. The van der Waals surface area contributed by atoms with Crippen LogP contribution in [0.5, 0.6) is 0 Å². The Balaban J connectivity index is 1.71. The molecule has 3 rings (SSSR count). The molecule has 1 aliphatic rings. The maximum absolute atomic E-state index is 12.3. The third-order valence-corrected chi connectivity index (χ3v) is 3.64. The number of imidazole rings is 1. The van der Waals surface area contributed by atoms with Gasteiger partial charge in [-0.2, -0.15) is 0 Å². The molecule has 1 atom stereocenters. The smallest absolute Gasteiger partial charge is 0.250 e. The van der Waals surface area contributed by atoms with Crippen molar-refractivity contribution in [1.82, 2.24) is 19.9 Å². The van der Waals surface area contributed by atoms with Crippen LogP contribution < -0.4 is 16.2 Å². The number of carbonyl (C=O) groups is 1. The maximum Gasteiger partial charge on any atom is 0.250 e. The van der Waals surface area contributed by atoms with E-state index in [1.54, 1.807) is 23.2 Å². The molecule has 3 heterocycles. The zero-order valence-corrected chi connectivity index (χ0v) is 11.7. The molecule has 1 unspecified atom stereocenters. The Kier molecular flexibility index (Phi) is 3.57. The molecule has 2 aromatic heterocycles. The molecule has 0 fully saturated rings. The number of amides is 1. The first kappa shape index (κ1) is 13.6. The molecule has 1 aliphatic heterocycles. The Bertz CT molecular complexity index is 718. The van der Waals surface area contributed by atoms with Gasteiger partial charge in [-0.1, -0.05) is 0 Å². The van der Waals surface area contributed by atoms with Gasteiger partial charge >= 0.3 is 0 Å². The molecule has 2 aromatic rings. The van der Waals surface area contributed by atoms with Gasteiger partial charge in [0.2, 0.25) is 5.91 Å². The molecule has 0 radical (unpaired) electrons. The number of fused-ring (bicyclic) bond motifs is 1. The highest BCUT2D eigenvalue weighted by Crippen LogP contribution is 2.13. The molecule has 0 saturated heterocycles. The number of pyridine rings is 1. The lowest BCUT2D eigenvalue weighted by molar-refractivity contribution is -0.118. The molecular weight excluding hydrogens is 270 g/mol. The zero-order chi connectivity index (χ0) is 14.8. The standard InChI is InChI=1S/C14H17N5O2/c1-2-19-7-9(3-4-13(19)20)18-14(21)11-5-10-12(6-15-11)17-8-16-10/h3-4,7-8,11,15H,2,5-6H2,1H3,(H,16,17)(H,18,21). The van der Waals surface area contributed by atoms with E-state index in [-0.39, 0.29) is 17.5 Å². The van der Waals surface area contributed by atoms with Crippen molar-refractivity contribution in [2.75, 3.05) is 5.32 Å². The minimum atomic E-state index is -0.317. The summed E-state index contributed by atoms with van der Waals surface area (Å²) >= 11 is 0. The molecule has 7 heteroatoms. The van der Waals surface area contributed by atoms with Gasteiger partial charge in [-0.05, 0) is 13.0 Å². The van der Waals surface area contributed by atoms with Crippen molar-refractivity contribution in [3.05, 3.63) is 46.4 Å². The molecule has 7 nitrogen and oxygen atoms in total. The normalized spacial score (nSPS) is 17.3. The summed E-state index contributed by atoms with van der Waals surface area (Å²) in [7, 11) is 0. The number of carbonyl (C=O) groups excluding carboxylic acids is 1. The van der Waals surface area contributed by atoms with Crippen LogP contribution >= 0.6 is 0 Å². The van der Waals surface area contributed by atoms with Crippen LogP contribution in [0.3, 0.4) is 0 Å². The minimum absolute atomic E-state index is 0.0764. The predicted molar refractivity (Wildman–Crippen MR) is 77.9 cm³/mol. The number of hydrogen-bond donors (Lipinski definition) is 3. The summed E-state index contributed by atoms with van der Waals surface area (Å²) in [4.78, 5) is 31.1. The first-order valence-corrected chi connectivity index (χ1v) is 6.93. The van der Waals surface area contributed by atoms with Crippen molar-refractivity contribution >= 4 is 11.6 Å². The molecule has 0 saturated carbocycles. The van der Waals surface area contributed by atoms with Gasteiger partial charge in [0.15, 0.2) is 0 Å². The molecule has 3 N–H and O–H groups in total. The molecule has 0 spiro atoms. The van der Waals surface area contributed by atoms with E-state index in [4.69, 9.17) is 0 Å². The topological polar surface area (TPSA) is 91.8 Å². The van der Waals surface area contributed by atoms with Crippen molar-refractivity contribution in [1.29, 1.82) is 0 Å². The van der Waals surface area contributed by atoms with Gasteiger partial charge in [-0.3, -0.25) is 14.9 Å². The fourth-order valence-corrected chi connectivity index (χ4v) is 2.44. The van der Waals surface area contributed by atoms with Crippen molar-refractivity contribution < 1.29 is 4.79 Å². The summed E-state index contributed by atoms with van der Waals surface area (Å²) in [6, 6.07) is 2.76. The highest BCUT2D eigenvalue weighted by atomic mass is 16.2. The van der Waals surface area contributed by atoms with Crippen LogP contribution in [-0.2, 0) is 24.3 Å². The lowest BCUT2D eigenvalue weighted by atomic mass is 10.0. The summed E-state index contributed by atoms with van der Waals surface area (Å²) < 4.78 is 1.55. The average Bonchev–Trinajstić information content (AvgIpc) is 2.96. The summed E-state index contributed by atoms with van der Waals surface area (Å²) in [5, 5.41) is 6.01. The fourth-order valence-electron chi connectivity index (χ4n) is 2.44. The molecule has 0 aromatic carbocycles. The van der Waals surface area contributed by atoms with Crippen LogP contribution in [0, 0.1) is 0 Å². The number of H-pyrrole nitrogens is 1. The fraction of sp³-hybridized carbons (Fsp3) is 0.357. The van der Waals surface area contributed by atoms with Gasteiger partial charge in [0.05, 0.1) is 29.4 Å². The van der Waals surface area contributed by atoms with Gasteiger partial charge in [0.25, 0.3) is 5.56 Å². The highest BCUT2D eigenvalue weighted by Gasteiger charge is 2.25. The van der Waals surface area contributed by atoms with Crippen LogP contribution in [0.1, 0.15) is 18.3 Å². The second kappa shape index (κ2) is 5.53. The predicted octanol–water partition coefficient (Wildman–Crippen LogP) is 0.244. The summed E-state index contributed by atoms with van der Waals surface area (Å²) in [6.45, 7) is 3.05. The molecular formula is C14H17N5O2. The largest absolute Gasteiger partial charge is 0.347 e. The zero-order valence-electron chi connectivity index (χ0n) is 11.7. The summed E-state index contributed by atoms with van der Waals surface area (Å²) in [5.74, 6) is -0.120. The van der Waals surface area contributed by atoms with Gasteiger partial charge in [0, 0.05) is 31.8 Å². The highest BCUT2D eigenvalue weighted by molar-refractivity contribution is 5.95. The van der Waals surface area contributed by atoms with E-state index in [2.05, 4.69) is 20.6 Å². The minimum Gasteiger partial charge on any atom is -0.347 e. The first-order chi connectivity index (χ1) is 10.2. The van der Waals surface area contributed by atoms with E-state index in [0.717, 1.165) is 11.4 Å². The number of aryl methyl sites for hydroxylation is 1. The van der Waals surface area contributed by atoms with E-state index < -0.39 is 0 Å². The van der Waals surface area contributed by atoms with Gasteiger partial charge < -0.3 is 14.9 Å². The Morgan fingerprint density at radius 1 is 1.52 bits per heavy atom. The van der Waals surface area contributed by atoms with Crippen LogP contribution in [0.15, 0.2) is 29.5 Å². The summed E-state index contributed by atoms with van der Waals surface area (Å²) in [5.41, 5.74) is 2.49. The number of rotatable bonds is 3. The average molecular weight is 287 g/mol. The second-order valence-corrected chi connectivity index (χ2v) is 5.00. The quantitative estimate of drug-likeness (QED) is 0.754. The van der Waals surface area contributed by atoms with E-state index in [0.29, 0.717) is 25.2 Å². The van der Waals surface area contributed by atoms with E-state index in [9.17, 15) is 9.59 Å².